The van der Waals surface area contributed by atoms with Gasteiger partial charge < -0.3 is 20.6 Å². The van der Waals surface area contributed by atoms with Crippen molar-refractivity contribution in [2.75, 3.05) is 5.32 Å². The summed E-state index contributed by atoms with van der Waals surface area (Å²) in [4.78, 5) is 22.6. The van der Waals surface area contributed by atoms with Crippen LogP contribution in [0.25, 0.3) is 11.3 Å². The van der Waals surface area contributed by atoms with Crippen LogP contribution >= 0.6 is 23.2 Å². The van der Waals surface area contributed by atoms with Crippen molar-refractivity contribution in [1.82, 2.24) is 0 Å². The van der Waals surface area contributed by atoms with Gasteiger partial charge in [0.25, 0.3) is 11.6 Å². The van der Waals surface area contributed by atoms with Crippen LogP contribution in [0.2, 0.25) is 10.0 Å². The van der Waals surface area contributed by atoms with E-state index in [4.69, 9.17) is 33.4 Å². The number of carbonyl (C=O) groups is 1. The van der Waals surface area contributed by atoms with Crippen LogP contribution in [0.1, 0.15) is 30.0 Å². The van der Waals surface area contributed by atoms with E-state index in [0.717, 1.165) is 6.07 Å². The summed E-state index contributed by atoms with van der Waals surface area (Å²) >= 11 is 12.2. The molecule has 3 rings (SSSR count). The quantitative estimate of drug-likeness (QED) is 0.341. The average molecular weight is 452 g/mol. The molecule has 0 spiro atoms. The summed E-state index contributed by atoms with van der Waals surface area (Å²) in [5, 5.41) is 23.7. The van der Waals surface area contributed by atoms with E-state index in [2.05, 4.69) is 5.32 Å². The van der Waals surface area contributed by atoms with E-state index in [1.54, 1.807) is 12.1 Å². The second kappa shape index (κ2) is 10.1. The van der Waals surface area contributed by atoms with Gasteiger partial charge in [-0.25, -0.2) is 0 Å². The van der Waals surface area contributed by atoms with Gasteiger partial charge in [0.1, 0.15) is 17.3 Å². The summed E-state index contributed by atoms with van der Waals surface area (Å²) in [6.07, 6.45) is 0. The number of furan rings is 1. The smallest absolute Gasteiger partial charge is 0.271 e. The molecule has 0 fully saturated rings. The van der Waals surface area contributed by atoms with Gasteiger partial charge in [0.2, 0.25) is 0 Å². The zero-order valence-electron chi connectivity index (χ0n) is 16.1. The highest BCUT2D eigenvalue weighted by Crippen LogP contribution is 2.35. The van der Waals surface area contributed by atoms with Crippen molar-refractivity contribution in [3.63, 3.8) is 0 Å². The Bertz CT molecular complexity index is 1080. The number of amides is 1. The molecule has 3 aromatic rings. The van der Waals surface area contributed by atoms with E-state index >= 15 is 0 Å². The number of phenols is 1. The molecular formula is C20H19Cl2N3O5. The SMILES string of the molecule is CC.NCc1ccc(-c2cc(O)c(C(=O)Nc3ccc([N+](=O)[O-])cc3Cl)cc2Cl)o1. The van der Waals surface area contributed by atoms with E-state index in [9.17, 15) is 20.0 Å². The zero-order chi connectivity index (χ0) is 22.4. The number of nitro groups is 1. The number of non-ortho nitro benzene ring substituents is 1. The molecule has 1 amide bonds. The summed E-state index contributed by atoms with van der Waals surface area (Å²) in [7, 11) is 0. The first-order valence-electron chi connectivity index (χ1n) is 8.87. The topological polar surface area (TPSA) is 132 Å². The molecular weight excluding hydrogens is 433 g/mol. The Morgan fingerprint density at radius 2 is 1.87 bits per heavy atom. The van der Waals surface area contributed by atoms with Crippen LogP contribution in [-0.2, 0) is 6.54 Å². The molecule has 1 heterocycles. The van der Waals surface area contributed by atoms with Crippen LogP contribution in [0.3, 0.4) is 0 Å². The average Bonchev–Trinajstić information content (AvgIpc) is 3.21. The van der Waals surface area contributed by atoms with Gasteiger partial charge in [-0.05, 0) is 30.3 Å². The highest BCUT2D eigenvalue weighted by atomic mass is 35.5. The van der Waals surface area contributed by atoms with Gasteiger partial charge in [0.15, 0.2) is 0 Å². The highest BCUT2D eigenvalue weighted by Gasteiger charge is 2.19. The Morgan fingerprint density at radius 1 is 1.17 bits per heavy atom. The number of hydrogen-bond acceptors (Lipinski definition) is 6. The number of phenolic OH excluding ortho intramolecular Hbond substituents is 1. The lowest BCUT2D eigenvalue weighted by Gasteiger charge is -2.10. The van der Waals surface area contributed by atoms with Crippen LogP contribution in [-0.4, -0.2) is 15.9 Å². The summed E-state index contributed by atoms with van der Waals surface area (Å²) < 4.78 is 5.50. The fraction of sp³-hybridized carbons (Fsp3) is 0.150. The summed E-state index contributed by atoms with van der Waals surface area (Å²) in [5.74, 6) is -0.0873. The first kappa shape index (κ1) is 23.2. The molecule has 1 aromatic heterocycles. The zero-order valence-corrected chi connectivity index (χ0v) is 17.6. The Kier molecular flexibility index (Phi) is 7.82. The molecule has 8 nitrogen and oxygen atoms in total. The number of nitrogens with two attached hydrogens (primary N) is 1. The number of aromatic hydroxyl groups is 1. The van der Waals surface area contributed by atoms with Gasteiger partial charge in [0.05, 0.1) is 32.8 Å². The third-order valence-electron chi connectivity index (χ3n) is 3.87. The molecule has 158 valence electrons. The van der Waals surface area contributed by atoms with E-state index in [-0.39, 0.29) is 39.3 Å². The molecule has 0 unspecified atom stereocenters. The molecule has 0 saturated heterocycles. The van der Waals surface area contributed by atoms with Crippen LogP contribution < -0.4 is 11.1 Å². The molecule has 0 saturated carbocycles. The maximum absolute atomic E-state index is 12.5. The maximum Gasteiger partial charge on any atom is 0.271 e. The molecule has 0 aliphatic heterocycles. The predicted molar refractivity (Wildman–Crippen MR) is 116 cm³/mol. The minimum Gasteiger partial charge on any atom is -0.507 e. The van der Waals surface area contributed by atoms with Gasteiger partial charge in [-0.2, -0.15) is 0 Å². The molecule has 30 heavy (non-hydrogen) atoms. The van der Waals surface area contributed by atoms with Gasteiger partial charge in [0, 0.05) is 17.7 Å². The Morgan fingerprint density at radius 3 is 2.43 bits per heavy atom. The molecule has 4 N–H and O–H groups in total. The van der Waals surface area contributed by atoms with E-state index in [1.165, 1.54) is 24.3 Å². The Balaban J connectivity index is 0.00000155. The van der Waals surface area contributed by atoms with Crippen molar-refractivity contribution in [3.8, 4) is 17.1 Å². The van der Waals surface area contributed by atoms with Crippen molar-refractivity contribution in [2.45, 2.75) is 20.4 Å². The molecule has 2 aromatic carbocycles. The summed E-state index contributed by atoms with van der Waals surface area (Å²) in [6, 6.07) is 9.52. The van der Waals surface area contributed by atoms with Gasteiger partial charge in [-0.3, -0.25) is 14.9 Å². The summed E-state index contributed by atoms with van der Waals surface area (Å²) in [6.45, 7) is 4.21. The first-order chi connectivity index (χ1) is 14.3. The minimum absolute atomic E-state index is 0.0188. The molecule has 0 radical (unpaired) electrons. The Hall–Kier alpha value is -3.07. The van der Waals surface area contributed by atoms with E-state index in [1.807, 2.05) is 13.8 Å². The molecule has 0 aliphatic rings. The predicted octanol–water partition coefficient (Wildman–Crippen LogP) is 5.60. The van der Waals surface area contributed by atoms with Crippen molar-refractivity contribution >= 4 is 40.5 Å². The second-order valence-corrected chi connectivity index (χ2v) is 6.51. The van der Waals surface area contributed by atoms with Crippen LogP contribution in [0, 0.1) is 10.1 Å². The molecule has 0 aliphatic carbocycles. The van der Waals surface area contributed by atoms with E-state index < -0.39 is 10.8 Å². The maximum atomic E-state index is 12.5. The first-order valence-corrected chi connectivity index (χ1v) is 9.62. The van der Waals surface area contributed by atoms with Crippen LogP contribution in [0.15, 0.2) is 46.9 Å². The fourth-order valence-corrected chi connectivity index (χ4v) is 2.95. The van der Waals surface area contributed by atoms with Crippen LogP contribution in [0.5, 0.6) is 5.75 Å². The Labute approximate surface area is 182 Å². The molecule has 0 bridgehead atoms. The molecule has 0 atom stereocenters. The fourth-order valence-electron chi connectivity index (χ4n) is 2.47. The van der Waals surface area contributed by atoms with E-state index in [0.29, 0.717) is 17.1 Å². The van der Waals surface area contributed by atoms with Crippen molar-refractivity contribution in [1.29, 1.82) is 0 Å². The van der Waals surface area contributed by atoms with Crippen molar-refractivity contribution in [3.05, 3.63) is 73.9 Å². The van der Waals surface area contributed by atoms with Crippen molar-refractivity contribution in [2.24, 2.45) is 5.73 Å². The minimum atomic E-state index is -0.691. The number of carbonyl (C=O) groups excluding carboxylic acids is 1. The van der Waals surface area contributed by atoms with Gasteiger partial charge >= 0.3 is 0 Å². The van der Waals surface area contributed by atoms with Gasteiger partial charge in [-0.1, -0.05) is 37.0 Å². The highest BCUT2D eigenvalue weighted by molar-refractivity contribution is 6.35. The number of nitro benzene ring substituents is 1. The number of benzene rings is 2. The standard InChI is InChI=1S/C18H13Cl2N3O5.C2H6/c19-13-6-12(16(24)7-11(13)17-4-2-10(8-21)28-17)18(25)22-15-3-1-9(23(26)27)5-14(15)20;1-2/h1-7,24H,8,21H2,(H,22,25);1-2H3. The lowest BCUT2D eigenvalue weighted by molar-refractivity contribution is -0.384. The third-order valence-corrected chi connectivity index (χ3v) is 4.50. The van der Waals surface area contributed by atoms with Crippen LogP contribution in [0.4, 0.5) is 11.4 Å². The molecule has 10 heteroatoms. The number of anilines is 1. The third kappa shape index (κ3) is 5.10. The monoisotopic (exact) mass is 451 g/mol. The largest absolute Gasteiger partial charge is 0.507 e. The van der Waals surface area contributed by atoms with Crippen molar-refractivity contribution < 1.29 is 19.2 Å². The number of nitrogens with zero attached hydrogens (tertiary/aromatic N) is 1. The number of nitrogens with one attached hydrogen (secondary N) is 1. The number of halogens is 2. The number of rotatable bonds is 5. The lowest BCUT2D eigenvalue weighted by atomic mass is 10.1. The summed E-state index contributed by atoms with van der Waals surface area (Å²) in [5.41, 5.74) is 5.73. The lowest BCUT2D eigenvalue weighted by Crippen LogP contribution is -2.12. The normalized spacial score (nSPS) is 10.2. The number of hydrogen-bond donors (Lipinski definition) is 3. The second-order valence-electron chi connectivity index (χ2n) is 5.69. The van der Waals surface area contributed by atoms with Gasteiger partial charge in [-0.15, -0.1) is 0 Å².